The molecular weight excluding hydrogens is 477 g/mol. The van der Waals surface area contributed by atoms with Gasteiger partial charge in [-0.05, 0) is 45.0 Å². The van der Waals surface area contributed by atoms with Crippen LogP contribution in [-0.4, -0.2) is 65.1 Å². The maximum absolute atomic E-state index is 12.2. The van der Waals surface area contributed by atoms with Gasteiger partial charge in [0.25, 0.3) is 0 Å². The quantitative estimate of drug-likeness (QED) is 0.214. The Kier molecular flexibility index (Phi) is 10.6. The van der Waals surface area contributed by atoms with Gasteiger partial charge in [-0.3, -0.25) is 9.89 Å². The van der Waals surface area contributed by atoms with E-state index >= 15 is 0 Å². The molecule has 0 aliphatic carbocycles. The second-order valence-corrected chi connectivity index (χ2v) is 8.28. The lowest BCUT2D eigenvalue weighted by Crippen LogP contribution is -2.46. The summed E-state index contributed by atoms with van der Waals surface area (Å²) >= 11 is 0. The number of aryl methyl sites for hydroxylation is 1. The lowest BCUT2D eigenvalue weighted by molar-refractivity contribution is 0.267. The molecule has 1 aromatic carbocycles. The molecule has 9 heteroatoms. The number of rotatable bonds is 8. The fourth-order valence-corrected chi connectivity index (χ4v) is 4.18. The van der Waals surface area contributed by atoms with Crippen molar-refractivity contribution in [3.8, 4) is 0 Å². The predicted molar refractivity (Wildman–Crippen MR) is 121 cm³/mol. The number of aliphatic imine (C=N–C) groups is 1. The zero-order valence-corrected chi connectivity index (χ0v) is 19.5. The first kappa shape index (κ1) is 24.1. The van der Waals surface area contributed by atoms with E-state index in [0.717, 1.165) is 25.2 Å². The molecule has 154 valence electrons. The highest BCUT2D eigenvalue weighted by atomic mass is 127. The SMILES string of the molecule is CCN1CCCC1CNC(=NC)NCCNS(=O)(=O)c1ccc(C)cc1.I. The number of halogens is 1. The van der Waals surface area contributed by atoms with Crippen molar-refractivity contribution in [2.45, 2.75) is 37.6 Å². The number of likely N-dealkylation sites (N-methyl/N-ethyl adjacent to an activating group) is 1. The number of sulfonamides is 1. The van der Waals surface area contributed by atoms with Gasteiger partial charge in [-0.1, -0.05) is 24.6 Å². The molecule has 0 amide bonds. The van der Waals surface area contributed by atoms with Crippen LogP contribution >= 0.6 is 24.0 Å². The van der Waals surface area contributed by atoms with Crippen LogP contribution in [0.3, 0.4) is 0 Å². The van der Waals surface area contributed by atoms with E-state index in [1.165, 1.54) is 12.8 Å². The van der Waals surface area contributed by atoms with E-state index in [1.807, 2.05) is 6.92 Å². The summed E-state index contributed by atoms with van der Waals surface area (Å²) in [5, 5.41) is 6.48. The summed E-state index contributed by atoms with van der Waals surface area (Å²) in [6.45, 7) is 7.95. The highest BCUT2D eigenvalue weighted by molar-refractivity contribution is 14.0. The van der Waals surface area contributed by atoms with Gasteiger partial charge in [0.2, 0.25) is 10.0 Å². The van der Waals surface area contributed by atoms with Crippen LogP contribution in [0.4, 0.5) is 0 Å². The number of likely N-dealkylation sites (tertiary alicyclic amines) is 1. The first-order chi connectivity index (χ1) is 12.5. The van der Waals surface area contributed by atoms with Crippen LogP contribution in [0.2, 0.25) is 0 Å². The Bertz CT molecular complexity index is 694. The molecule has 7 nitrogen and oxygen atoms in total. The second-order valence-electron chi connectivity index (χ2n) is 6.52. The fraction of sp³-hybridized carbons (Fsp3) is 0.611. The first-order valence-corrected chi connectivity index (χ1v) is 10.7. The summed E-state index contributed by atoms with van der Waals surface area (Å²) in [7, 11) is -1.75. The molecular formula is C18H32IN5O2S. The van der Waals surface area contributed by atoms with Crippen LogP contribution in [0, 0.1) is 6.92 Å². The normalized spacial score (nSPS) is 18.2. The van der Waals surface area contributed by atoms with Gasteiger partial charge in [-0.2, -0.15) is 0 Å². The lowest BCUT2D eigenvalue weighted by Gasteiger charge is -2.24. The molecule has 1 aliphatic rings. The summed E-state index contributed by atoms with van der Waals surface area (Å²) < 4.78 is 27.1. The summed E-state index contributed by atoms with van der Waals surface area (Å²) in [5.74, 6) is 0.697. The monoisotopic (exact) mass is 509 g/mol. The van der Waals surface area contributed by atoms with Gasteiger partial charge in [0, 0.05) is 32.7 Å². The van der Waals surface area contributed by atoms with Crippen molar-refractivity contribution >= 4 is 40.0 Å². The molecule has 1 heterocycles. The van der Waals surface area contributed by atoms with Gasteiger partial charge in [0.15, 0.2) is 5.96 Å². The van der Waals surface area contributed by atoms with Crippen molar-refractivity contribution in [1.82, 2.24) is 20.3 Å². The Morgan fingerprint density at radius 3 is 2.56 bits per heavy atom. The van der Waals surface area contributed by atoms with E-state index < -0.39 is 10.0 Å². The van der Waals surface area contributed by atoms with E-state index in [0.29, 0.717) is 25.1 Å². The third-order valence-corrected chi connectivity index (χ3v) is 6.15. The lowest BCUT2D eigenvalue weighted by atomic mass is 10.2. The van der Waals surface area contributed by atoms with Gasteiger partial charge in [-0.25, -0.2) is 13.1 Å². The van der Waals surface area contributed by atoms with Gasteiger partial charge in [0.05, 0.1) is 4.90 Å². The Hall–Kier alpha value is -0.910. The highest BCUT2D eigenvalue weighted by Gasteiger charge is 2.22. The Balaban J connectivity index is 0.00000364. The van der Waals surface area contributed by atoms with E-state index in [1.54, 1.807) is 31.3 Å². The minimum atomic E-state index is -3.47. The average Bonchev–Trinajstić information content (AvgIpc) is 3.09. The van der Waals surface area contributed by atoms with Crippen LogP contribution in [0.5, 0.6) is 0 Å². The smallest absolute Gasteiger partial charge is 0.240 e. The maximum Gasteiger partial charge on any atom is 0.240 e. The van der Waals surface area contributed by atoms with Crippen molar-refractivity contribution in [2.75, 3.05) is 39.8 Å². The van der Waals surface area contributed by atoms with Crippen molar-refractivity contribution in [3.05, 3.63) is 29.8 Å². The molecule has 2 rings (SSSR count). The number of benzene rings is 1. The third-order valence-electron chi connectivity index (χ3n) is 4.67. The van der Waals surface area contributed by atoms with E-state index in [4.69, 9.17) is 0 Å². The number of guanidine groups is 1. The molecule has 1 saturated heterocycles. The molecule has 1 unspecified atom stereocenters. The number of nitrogens with one attached hydrogen (secondary N) is 3. The van der Waals surface area contributed by atoms with Crippen molar-refractivity contribution in [3.63, 3.8) is 0 Å². The minimum absolute atomic E-state index is 0. The van der Waals surface area contributed by atoms with Gasteiger partial charge < -0.3 is 10.6 Å². The molecule has 27 heavy (non-hydrogen) atoms. The van der Waals surface area contributed by atoms with Crippen LogP contribution in [0.15, 0.2) is 34.2 Å². The fourth-order valence-electron chi connectivity index (χ4n) is 3.14. The zero-order valence-electron chi connectivity index (χ0n) is 16.4. The summed E-state index contributed by atoms with van der Waals surface area (Å²) in [4.78, 5) is 6.95. The largest absolute Gasteiger partial charge is 0.355 e. The van der Waals surface area contributed by atoms with Crippen LogP contribution in [0.25, 0.3) is 0 Å². The molecule has 1 fully saturated rings. The Labute approximate surface area is 180 Å². The molecule has 0 radical (unpaired) electrons. The Morgan fingerprint density at radius 1 is 1.22 bits per heavy atom. The third kappa shape index (κ3) is 7.55. The molecule has 1 atom stereocenters. The molecule has 1 aromatic rings. The van der Waals surface area contributed by atoms with Crippen LogP contribution in [0.1, 0.15) is 25.3 Å². The van der Waals surface area contributed by atoms with Crippen molar-refractivity contribution in [2.24, 2.45) is 4.99 Å². The number of hydrogen-bond donors (Lipinski definition) is 3. The van der Waals surface area contributed by atoms with E-state index in [9.17, 15) is 8.42 Å². The van der Waals surface area contributed by atoms with Crippen molar-refractivity contribution in [1.29, 1.82) is 0 Å². The van der Waals surface area contributed by atoms with E-state index in [2.05, 4.69) is 32.2 Å². The van der Waals surface area contributed by atoms with Gasteiger partial charge >= 0.3 is 0 Å². The molecule has 1 aliphatic heterocycles. The van der Waals surface area contributed by atoms with Crippen LogP contribution in [-0.2, 0) is 10.0 Å². The summed E-state index contributed by atoms with van der Waals surface area (Å²) in [6, 6.07) is 7.36. The molecule has 0 bridgehead atoms. The summed E-state index contributed by atoms with van der Waals surface area (Å²) in [6.07, 6.45) is 2.45. The second kappa shape index (κ2) is 11.8. The molecule has 0 aromatic heterocycles. The van der Waals surface area contributed by atoms with E-state index in [-0.39, 0.29) is 28.9 Å². The molecule has 3 N–H and O–H groups in total. The van der Waals surface area contributed by atoms with Crippen LogP contribution < -0.4 is 15.4 Å². The summed E-state index contributed by atoms with van der Waals surface area (Å²) in [5.41, 5.74) is 1.03. The number of nitrogens with zero attached hydrogens (tertiary/aromatic N) is 2. The molecule has 0 saturated carbocycles. The minimum Gasteiger partial charge on any atom is -0.355 e. The average molecular weight is 509 g/mol. The highest BCUT2D eigenvalue weighted by Crippen LogP contribution is 2.15. The first-order valence-electron chi connectivity index (χ1n) is 9.21. The maximum atomic E-state index is 12.2. The predicted octanol–water partition coefficient (Wildman–Crippen LogP) is 1.54. The standard InChI is InChI=1S/C18H31N5O2S.HI/c1-4-23-13-5-6-16(23)14-21-18(19-3)20-11-12-22-26(24,25)17-9-7-15(2)8-10-17;/h7-10,16,22H,4-6,11-14H2,1-3H3,(H2,19,20,21);1H. The topological polar surface area (TPSA) is 85.8 Å². The Morgan fingerprint density at radius 2 is 1.93 bits per heavy atom. The van der Waals surface area contributed by atoms with Gasteiger partial charge in [0.1, 0.15) is 0 Å². The zero-order chi connectivity index (χ0) is 19.0. The van der Waals surface area contributed by atoms with Crippen molar-refractivity contribution < 1.29 is 8.42 Å². The van der Waals surface area contributed by atoms with Gasteiger partial charge in [-0.15, -0.1) is 24.0 Å². The number of hydrogen-bond acceptors (Lipinski definition) is 4. The molecule has 0 spiro atoms.